The quantitative estimate of drug-likeness (QED) is 0.0849. The van der Waals surface area contributed by atoms with E-state index in [1.165, 1.54) is 18.6 Å². The Labute approximate surface area is 422 Å². The number of hydrogen-bond acceptors (Lipinski definition) is 34. The van der Waals surface area contributed by atoms with Gasteiger partial charge >= 0.3 is 0 Å². The number of aliphatic hydroxyl groups excluding tert-OH is 18. The molecule has 0 aromatic carbocycles. The van der Waals surface area contributed by atoms with Crippen LogP contribution in [0.1, 0.15) is 0 Å². The summed E-state index contributed by atoms with van der Waals surface area (Å²) in [5.41, 5.74) is 2.10. The number of hydrogen-bond donors (Lipinski definition) is 19. The van der Waals surface area contributed by atoms with Crippen molar-refractivity contribution in [1.29, 1.82) is 0 Å². The average Bonchev–Trinajstić information content (AvgIpc) is 3.41. The maximum absolute atomic E-state index is 11.2. The van der Waals surface area contributed by atoms with Crippen LogP contribution in [-0.2, 0) is 56.8 Å². The summed E-state index contributed by atoms with van der Waals surface area (Å²) in [5, 5.41) is 198. The number of ether oxygens (including phenoxy) is 12. The molecule has 19 N–H and O–H groups in total. The maximum Gasteiger partial charge on any atom is 0.187 e. The predicted molar refractivity (Wildman–Crippen MR) is 227 cm³/mol. The lowest BCUT2D eigenvalue weighted by Crippen LogP contribution is -2.69. The van der Waals surface area contributed by atoms with Crippen LogP contribution in [0.2, 0.25) is 0 Å². The summed E-state index contributed by atoms with van der Waals surface area (Å²) in [7, 11) is 0. The van der Waals surface area contributed by atoms with Gasteiger partial charge in [-0.3, -0.25) is 4.98 Å². The molecule has 30 atom stereocenters. The lowest BCUT2D eigenvalue weighted by Gasteiger charge is -2.50. The highest BCUT2D eigenvalue weighted by Crippen LogP contribution is 2.38. The Hall–Kier alpha value is -2.72. The van der Waals surface area contributed by atoms with Crippen LogP contribution in [0.5, 0.6) is 0 Å². The molecule has 22 fully saturated rings. The third kappa shape index (κ3) is 12.7. The molecule has 22 saturated heterocycles. The topological polar surface area (TPSA) is 542 Å². The number of aliphatic hydroxyl groups is 18. The van der Waals surface area contributed by atoms with Crippen molar-refractivity contribution in [2.45, 2.75) is 184 Å². The zero-order valence-corrected chi connectivity index (χ0v) is 39.0. The highest BCUT2D eigenvalue weighted by molar-refractivity contribution is 5.27. The summed E-state index contributed by atoms with van der Waals surface area (Å²) in [6.07, 6.45) is -54.1. The van der Waals surface area contributed by atoms with Gasteiger partial charge in [0, 0.05) is 12.4 Å². The Bertz CT molecular complexity index is 1610. The van der Waals surface area contributed by atoms with Crippen molar-refractivity contribution in [1.82, 2.24) is 9.97 Å². The van der Waals surface area contributed by atoms with Gasteiger partial charge in [0.1, 0.15) is 146 Å². The maximum atomic E-state index is 11.2. The first-order chi connectivity index (χ1) is 35.9. The van der Waals surface area contributed by atoms with Crippen LogP contribution >= 0.6 is 0 Å². The molecule has 430 valence electrons. The van der Waals surface area contributed by atoms with Gasteiger partial charge in [0.2, 0.25) is 0 Å². The molecule has 30 unspecified atom stereocenters. The van der Waals surface area contributed by atoms with E-state index in [1.54, 1.807) is 0 Å². The standard InChI is InChI=1S/C36H60O30.C4H4N4O/c37-1-7-25-13(43)19(49)31(55-7)62-26-8(2-38)57-33(21(51)15(26)45)64-28-10(4-40)59-35(23(53)17(28)47)66-30-12(6-42)60-36(24(54)18(30)48)65-29-11(5-41)58-34(22(52)16(29)46)63-27-9(3-39)56-32(61-25)20(50)14(27)44;9-8-7-4-3-5-1-2-6-4/h7-54H,1-6H2;1-3H,(H,6,7,9). The Morgan fingerprint density at radius 2 is 0.560 bits per heavy atom. The molecular weight excluding hydrogens is 1030 g/mol. The second kappa shape index (κ2) is 26.5. The first-order valence-corrected chi connectivity index (χ1v) is 23.4. The van der Waals surface area contributed by atoms with Crippen LogP contribution in [0.25, 0.3) is 0 Å². The smallest absolute Gasteiger partial charge is 0.187 e. The van der Waals surface area contributed by atoms with Crippen molar-refractivity contribution in [2.24, 2.45) is 5.29 Å². The molecule has 0 aliphatic carbocycles. The molecule has 0 radical (unpaired) electrons. The van der Waals surface area contributed by atoms with E-state index in [9.17, 15) is 96.8 Å². The van der Waals surface area contributed by atoms with Gasteiger partial charge in [-0.2, -0.15) is 0 Å². The van der Waals surface area contributed by atoms with Gasteiger partial charge in [-0.25, -0.2) is 10.4 Å². The van der Waals surface area contributed by atoms with Crippen LogP contribution < -0.4 is 5.43 Å². The van der Waals surface area contributed by atoms with Gasteiger partial charge in [-0.15, -0.1) is 4.91 Å². The van der Waals surface area contributed by atoms with E-state index in [-0.39, 0.29) is 0 Å². The van der Waals surface area contributed by atoms with Gasteiger partial charge in [-0.05, 0) is 0 Å². The molecule has 23 rings (SSSR count). The molecule has 0 amide bonds. The minimum atomic E-state index is -2.15. The molecule has 35 heteroatoms. The number of nitrogens with one attached hydrogen (secondary N) is 1. The molecule has 22 aliphatic heterocycles. The molecule has 35 nitrogen and oxygen atoms in total. The van der Waals surface area contributed by atoms with Crippen LogP contribution in [-0.4, -0.2) is 326 Å². The Morgan fingerprint density at radius 1 is 0.347 bits per heavy atom. The van der Waals surface area contributed by atoms with Gasteiger partial charge in [-0.1, -0.05) is 0 Å². The summed E-state index contributed by atoms with van der Waals surface area (Å²) >= 11 is 0. The fourth-order valence-corrected chi connectivity index (χ4v) is 9.33. The van der Waals surface area contributed by atoms with Crippen molar-refractivity contribution in [2.75, 3.05) is 45.1 Å². The molecular formula is C40H64N4O31. The fraction of sp³-hybridized carbons (Fsp3) is 0.900. The van der Waals surface area contributed by atoms with E-state index in [1.807, 2.05) is 0 Å². The minimum Gasteiger partial charge on any atom is -0.394 e. The SMILES string of the molecule is O=NNc1cnccn1.OCC1OC2OC3C(CO)OC(OC4C(CO)OC(OC5C(CO)OC(OC6C(CO)OC(OC7C(CO)OC(OC1C(O)C2O)C(O)C7O)C(O)C6O)C(O)C5O)C(O)C4O)C(O)C3O. The second-order valence-electron chi connectivity index (χ2n) is 18.1. The Morgan fingerprint density at radius 3 is 0.720 bits per heavy atom. The minimum absolute atomic E-state index is 0.354. The van der Waals surface area contributed by atoms with Crippen molar-refractivity contribution in [3.63, 3.8) is 0 Å². The molecule has 75 heavy (non-hydrogen) atoms. The monoisotopic (exact) mass is 1100 g/mol. The van der Waals surface area contributed by atoms with E-state index < -0.39 is 224 Å². The molecule has 12 bridgehead atoms. The van der Waals surface area contributed by atoms with Crippen LogP contribution in [0.3, 0.4) is 0 Å². The van der Waals surface area contributed by atoms with Crippen LogP contribution in [0.15, 0.2) is 23.9 Å². The summed E-state index contributed by atoms with van der Waals surface area (Å²) in [6.45, 7) is -5.99. The third-order valence-electron chi connectivity index (χ3n) is 13.4. The number of nitrogens with zero attached hydrogens (tertiary/aromatic N) is 3. The van der Waals surface area contributed by atoms with Crippen molar-refractivity contribution >= 4 is 5.82 Å². The second-order valence-corrected chi connectivity index (χ2v) is 18.1. The molecule has 22 aliphatic rings. The van der Waals surface area contributed by atoms with E-state index in [0.29, 0.717) is 5.82 Å². The molecule has 1 aromatic heterocycles. The van der Waals surface area contributed by atoms with Gasteiger partial charge in [0.15, 0.2) is 43.6 Å². The Kier molecular flexibility index (Phi) is 21.2. The zero-order chi connectivity index (χ0) is 54.6. The number of rotatable bonds is 8. The van der Waals surface area contributed by atoms with Crippen molar-refractivity contribution < 1.29 is 149 Å². The summed E-state index contributed by atoms with van der Waals surface area (Å²) in [5.74, 6) is 0.354. The summed E-state index contributed by atoms with van der Waals surface area (Å²) in [4.78, 5) is 16.9. The first-order valence-electron chi connectivity index (χ1n) is 23.4. The Balaban J connectivity index is 0.000000824. The predicted octanol–water partition coefficient (Wildman–Crippen LogP) is -12.5. The van der Waals surface area contributed by atoms with E-state index in [0.717, 1.165) is 0 Å². The van der Waals surface area contributed by atoms with Crippen molar-refractivity contribution in [3.05, 3.63) is 23.5 Å². The average molecular weight is 1100 g/mol. The lowest BCUT2D eigenvalue weighted by atomic mass is 9.94. The molecule has 0 saturated carbocycles. The normalized spacial score (nSPS) is 49.7. The largest absolute Gasteiger partial charge is 0.394 e. The summed E-state index contributed by atoms with van der Waals surface area (Å²) < 4.78 is 67.9. The number of anilines is 1. The highest BCUT2D eigenvalue weighted by atomic mass is 16.8. The number of aromatic nitrogens is 2. The van der Waals surface area contributed by atoms with Crippen LogP contribution in [0.4, 0.5) is 5.82 Å². The van der Waals surface area contributed by atoms with Gasteiger partial charge in [0.05, 0.1) is 51.1 Å². The van der Waals surface area contributed by atoms with E-state index in [2.05, 4.69) is 20.7 Å². The van der Waals surface area contributed by atoms with Crippen molar-refractivity contribution in [3.8, 4) is 0 Å². The van der Waals surface area contributed by atoms with E-state index >= 15 is 0 Å². The lowest BCUT2D eigenvalue weighted by molar-refractivity contribution is -0.404. The van der Waals surface area contributed by atoms with Crippen LogP contribution in [0, 0.1) is 4.91 Å². The molecule has 23 heterocycles. The fourth-order valence-electron chi connectivity index (χ4n) is 9.33. The summed E-state index contributed by atoms with van der Waals surface area (Å²) in [6, 6.07) is 0. The van der Waals surface area contributed by atoms with E-state index in [4.69, 9.17) is 56.8 Å². The third-order valence-corrected chi connectivity index (χ3v) is 13.4. The highest BCUT2D eigenvalue weighted by Gasteiger charge is 2.58. The number of nitroso groups, excluding NO2 is 1. The first kappa shape index (κ1) is 59.9. The molecule has 1 aromatic rings. The van der Waals surface area contributed by atoms with Gasteiger partial charge in [0.25, 0.3) is 0 Å². The van der Waals surface area contributed by atoms with Gasteiger partial charge < -0.3 is 149 Å². The zero-order valence-electron chi connectivity index (χ0n) is 39.0. The molecule has 0 spiro atoms.